The maximum atomic E-state index is 12.1. The molecule has 4 heteroatoms. The smallest absolute Gasteiger partial charge is 0.241 e. The highest BCUT2D eigenvalue weighted by atomic mass is 32.2. The van der Waals surface area contributed by atoms with Gasteiger partial charge in [-0.15, -0.1) is 0 Å². The fraction of sp³-hybridized carbons (Fsp3) is 0.278. The lowest BCUT2D eigenvalue weighted by molar-refractivity contribution is -0.117. The minimum Gasteiger partial charge on any atom is -0.325 e. The first kappa shape index (κ1) is 16.6. The third kappa shape index (κ3) is 5.20. The van der Waals surface area contributed by atoms with Gasteiger partial charge in [-0.3, -0.25) is 4.79 Å². The summed E-state index contributed by atoms with van der Waals surface area (Å²) in [5.74, 6) is 0.953. The van der Waals surface area contributed by atoms with Crippen molar-refractivity contribution >= 4 is 23.4 Å². The van der Waals surface area contributed by atoms with Crippen molar-refractivity contribution in [2.45, 2.75) is 18.9 Å². The summed E-state index contributed by atoms with van der Waals surface area (Å²) in [6.07, 6.45) is 3.68. The van der Waals surface area contributed by atoms with Crippen LogP contribution >= 0.6 is 11.8 Å². The van der Waals surface area contributed by atoms with Gasteiger partial charge >= 0.3 is 0 Å². The Morgan fingerprint density at radius 3 is 2.41 bits per heavy atom. The molecule has 0 spiro atoms. The zero-order valence-electron chi connectivity index (χ0n) is 12.8. The molecule has 2 aromatic carbocycles. The molecule has 3 N–H and O–H groups in total. The number of thioether (sulfide) groups is 1. The zero-order valence-corrected chi connectivity index (χ0v) is 13.6. The quantitative estimate of drug-likeness (QED) is 0.825. The van der Waals surface area contributed by atoms with Crippen LogP contribution in [0.1, 0.15) is 11.1 Å². The lowest BCUT2D eigenvalue weighted by atomic mass is 10.1. The topological polar surface area (TPSA) is 55.1 Å². The molecule has 22 heavy (non-hydrogen) atoms. The Balaban J connectivity index is 1.88. The predicted octanol–water partition coefficient (Wildman–Crippen LogP) is 3.10. The number of anilines is 1. The second-order valence-electron chi connectivity index (χ2n) is 5.23. The van der Waals surface area contributed by atoms with Crippen LogP contribution < -0.4 is 11.1 Å². The van der Waals surface area contributed by atoms with E-state index in [2.05, 4.69) is 23.7 Å². The van der Waals surface area contributed by atoms with Gasteiger partial charge < -0.3 is 11.1 Å². The molecule has 0 aliphatic heterocycles. The van der Waals surface area contributed by atoms with Gasteiger partial charge in [0.1, 0.15) is 0 Å². The fourth-order valence-electron chi connectivity index (χ4n) is 2.17. The third-order valence-corrected chi connectivity index (χ3v) is 4.06. The summed E-state index contributed by atoms with van der Waals surface area (Å²) < 4.78 is 0. The van der Waals surface area contributed by atoms with E-state index in [9.17, 15) is 4.79 Å². The van der Waals surface area contributed by atoms with Gasteiger partial charge in [-0.05, 0) is 48.1 Å². The highest BCUT2D eigenvalue weighted by Crippen LogP contribution is 2.12. The van der Waals surface area contributed by atoms with Crippen LogP contribution in [0.15, 0.2) is 54.6 Å². The molecule has 0 heterocycles. The molecule has 0 aromatic heterocycles. The Hall–Kier alpha value is -1.78. The molecule has 0 saturated heterocycles. The van der Waals surface area contributed by atoms with Gasteiger partial charge in [0, 0.05) is 5.69 Å². The Labute approximate surface area is 136 Å². The van der Waals surface area contributed by atoms with Crippen molar-refractivity contribution in [2.24, 2.45) is 5.73 Å². The van der Waals surface area contributed by atoms with E-state index in [1.165, 1.54) is 5.56 Å². The van der Waals surface area contributed by atoms with Crippen LogP contribution in [-0.2, 0) is 17.6 Å². The second-order valence-corrected chi connectivity index (χ2v) is 6.21. The average Bonchev–Trinajstić information content (AvgIpc) is 2.55. The van der Waals surface area contributed by atoms with E-state index < -0.39 is 6.04 Å². The molecule has 1 amide bonds. The van der Waals surface area contributed by atoms with Gasteiger partial charge in [-0.1, -0.05) is 42.5 Å². The standard InChI is InChI=1S/C18H22N2OS/c1-22-12-11-14-7-9-16(10-8-14)20-18(21)17(19)13-15-5-3-2-4-6-15/h2-10,17H,11-13,19H2,1H3,(H,20,21)/t17-/m0/s1. The molecule has 3 nitrogen and oxygen atoms in total. The minimum absolute atomic E-state index is 0.152. The highest BCUT2D eigenvalue weighted by Gasteiger charge is 2.14. The van der Waals surface area contributed by atoms with Crippen molar-refractivity contribution in [3.63, 3.8) is 0 Å². The van der Waals surface area contributed by atoms with Gasteiger partial charge in [0.05, 0.1) is 6.04 Å². The van der Waals surface area contributed by atoms with Crippen molar-refractivity contribution in [2.75, 3.05) is 17.3 Å². The average molecular weight is 314 g/mol. The van der Waals surface area contributed by atoms with Gasteiger partial charge in [-0.2, -0.15) is 11.8 Å². The van der Waals surface area contributed by atoms with Crippen molar-refractivity contribution in [3.8, 4) is 0 Å². The number of nitrogens with two attached hydrogens (primary N) is 1. The van der Waals surface area contributed by atoms with Crippen molar-refractivity contribution in [3.05, 3.63) is 65.7 Å². The van der Waals surface area contributed by atoms with E-state index in [-0.39, 0.29) is 5.91 Å². The number of rotatable bonds is 7. The number of amides is 1. The van der Waals surface area contributed by atoms with Crippen molar-refractivity contribution < 1.29 is 4.79 Å². The first-order valence-corrected chi connectivity index (χ1v) is 8.76. The maximum absolute atomic E-state index is 12.1. The first-order chi connectivity index (χ1) is 10.7. The fourth-order valence-corrected chi connectivity index (χ4v) is 2.61. The minimum atomic E-state index is -0.543. The summed E-state index contributed by atoms with van der Waals surface area (Å²) >= 11 is 1.83. The van der Waals surface area contributed by atoms with E-state index in [1.807, 2.05) is 54.2 Å². The van der Waals surface area contributed by atoms with Gasteiger partial charge in [0.15, 0.2) is 0 Å². The summed E-state index contributed by atoms with van der Waals surface area (Å²) in [6.45, 7) is 0. The monoisotopic (exact) mass is 314 g/mol. The molecule has 0 aliphatic carbocycles. The van der Waals surface area contributed by atoms with Crippen LogP contribution in [0.5, 0.6) is 0 Å². The maximum Gasteiger partial charge on any atom is 0.241 e. The van der Waals surface area contributed by atoms with Crippen LogP contribution in [0.4, 0.5) is 5.69 Å². The molecule has 0 saturated carbocycles. The zero-order chi connectivity index (χ0) is 15.8. The SMILES string of the molecule is CSCCc1ccc(NC(=O)[C@@H](N)Cc2ccccc2)cc1. The summed E-state index contributed by atoms with van der Waals surface area (Å²) in [5, 5.41) is 2.88. The second kappa shape index (κ2) is 8.61. The molecule has 116 valence electrons. The summed E-state index contributed by atoms with van der Waals surface area (Å²) in [4.78, 5) is 12.1. The molecule has 0 unspecified atom stereocenters. The lowest BCUT2D eigenvalue weighted by Crippen LogP contribution is -2.37. The number of carbonyl (C=O) groups excluding carboxylic acids is 1. The van der Waals surface area contributed by atoms with E-state index in [0.717, 1.165) is 23.4 Å². The summed E-state index contributed by atoms with van der Waals surface area (Å²) in [6, 6.07) is 17.2. The number of aryl methyl sites for hydroxylation is 1. The molecule has 0 aliphatic rings. The predicted molar refractivity (Wildman–Crippen MR) is 95.3 cm³/mol. The molecule has 0 fully saturated rings. The Morgan fingerprint density at radius 1 is 1.09 bits per heavy atom. The Morgan fingerprint density at radius 2 is 1.77 bits per heavy atom. The van der Waals surface area contributed by atoms with Crippen molar-refractivity contribution in [1.29, 1.82) is 0 Å². The largest absolute Gasteiger partial charge is 0.325 e. The molecule has 2 aromatic rings. The molecular formula is C18H22N2OS. The normalized spacial score (nSPS) is 11.9. The Bertz CT molecular complexity index is 584. The lowest BCUT2D eigenvalue weighted by Gasteiger charge is -2.12. The molecule has 0 radical (unpaired) electrons. The number of hydrogen-bond donors (Lipinski definition) is 2. The number of carbonyl (C=O) groups is 1. The van der Waals surface area contributed by atoms with E-state index >= 15 is 0 Å². The van der Waals surface area contributed by atoms with Crippen LogP contribution in [-0.4, -0.2) is 24.0 Å². The van der Waals surface area contributed by atoms with Crippen LogP contribution in [0, 0.1) is 0 Å². The first-order valence-electron chi connectivity index (χ1n) is 7.37. The van der Waals surface area contributed by atoms with E-state index in [0.29, 0.717) is 6.42 Å². The van der Waals surface area contributed by atoms with Gasteiger partial charge in [0.2, 0.25) is 5.91 Å². The van der Waals surface area contributed by atoms with Crippen LogP contribution in [0.3, 0.4) is 0 Å². The summed E-state index contributed by atoms with van der Waals surface area (Å²) in [7, 11) is 0. The van der Waals surface area contributed by atoms with Crippen LogP contribution in [0.2, 0.25) is 0 Å². The molecular weight excluding hydrogens is 292 g/mol. The van der Waals surface area contributed by atoms with Gasteiger partial charge in [-0.25, -0.2) is 0 Å². The van der Waals surface area contributed by atoms with Crippen molar-refractivity contribution in [1.82, 2.24) is 0 Å². The van der Waals surface area contributed by atoms with E-state index in [4.69, 9.17) is 5.73 Å². The highest BCUT2D eigenvalue weighted by molar-refractivity contribution is 7.98. The van der Waals surface area contributed by atoms with E-state index in [1.54, 1.807) is 0 Å². The van der Waals surface area contributed by atoms with Gasteiger partial charge in [0.25, 0.3) is 0 Å². The third-order valence-electron chi connectivity index (χ3n) is 3.45. The number of hydrogen-bond acceptors (Lipinski definition) is 3. The molecule has 2 rings (SSSR count). The molecule has 1 atom stereocenters. The number of benzene rings is 2. The summed E-state index contributed by atoms with van der Waals surface area (Å²) in [5.41, 5.74) is 9.12. The Kier molecular flexibility index (Phi) is 6.49. The number of nitrogens with one attached hydrogen (secondary N) is 1. The molecule has 0 bridgehead atoms. The van der Waals surface area contributed by atoms with Crippen LogP contribution in [0.25, 0.3) is 0 Å².